The molecule has 0 spiro atoms. The number of fused-ring (bicyclic) bond motifs is 7. The van der Waals surface area contributed by atoms with Gasteiger partial charge in [0.2, 0.25) is 0 Å². The second-order valence-corrected chi connectivity index (χ2v) is 14.6. The second-order valence-electron chi connectivity index (χ2n) is 14.6. The number of nitriles is 1. The van der Waals surface area contributed by atoms with Crippen LogP contribution < -0.4 is 0 Å². The Hall–Kier alpha value is -1.97. The minimum absolute atomic E-state index is 0.0366. The van der Waals surface area contributed by atoms with Crippen molar-refractivity contribution >= 4 is 11.8 Å². The molecule has 9 atom stereocenters. The third kappa shape index (κ3) is 3.43. The standard InChI is InChI=1S/C32H45NO5/c1-28(2)10-12-32(27(36)38-7)13-11-29(3)20-8-9-24-30(4,21(20)14-23(35)25(29)22(32)16-28)15-19(17-33)26(37-6)31(24,5)18-34/h14-15,20,22,24-26,34H,8-13,16,18H2,1-7H3/t20-,22+,24-,25+,26+,29+,30-,31+,32+/m1/s1. The summed E-state index contributed by atoms with van der Waals surface area (Å²) < 4.78 is 11.2. The van der Waals surface area contributed by atoms with Crippen LogP contribution in [0.1, 0.15) is 79.6 Å². The van der Waals surface area contributed by atoms with Gasteiger partial charge in [0.15, 0.2) is 5.78 Å². The van der Waals surface area contributed by atoms with E-state index in [-0.39, 0.29) is 52.9 Å². The molecule has 3 fully saturated rings. The van der Waals surface area contributed by atoms with E-state index in [0.717, 1.165) is 50.5 Å². The summed E-state index contributed by atoms with van der Waals surface area (Å²) in [5.41, 5.74) is -0.287. The van der Waals surface area contributed by atoms with E-state index in [1.165, 1.54) is 7.11 Å². The SMILES string of the molecule is COC(=O)[C@]12CCC(C)(C)C[C@H]1[C@H]1C(=O)C=C3[C@@H](CC[C@H]4[C@](C)(CO)[C@@H](OC)C(C#N)=C[C@]34C)[C@]1(C)CC2. The van der Waals surface area contributed by atoms with Crippen LogP contribution >= 0.6 is 0 Å². The Labute approximate surface area is 227 Å². The number of hydrogen-bond donors (Lipinski definition) is 1. The summed E-state index contributed by atoms with van der Waals surface area (Å²) in [7, 11) is 3.09. The van der Waals surface area contributed by atoms with Gasteiger partial charge in [0.25, 0.3) is 0 Å². The Kier molecular flexibility index (Phi) is 6.36. The van der Waals surface area contributed by atoms with Gasteiger partial charge in [0.1, 0.15) is 0 Å². The normalized spacial score (nSPS) is 47.2. The average Bonchev–Trinajstić information content (AvgIpc) is 2.87. The lowest BCUT2D eigenvalue weighted by atomic mass is 9.38. The lowest BCUT2D eigenvalue weighted by molar-refractivity contribution is -0.184. The number of ketones is 1. The largest absolute Gasteiger partial charge is 0.469 e. The van der Waals surface area contributed by atoms with Crippen molar-refractivity contribution in [2.75, 3.05) is 20.8 Å². The summed E-state index contributed by atoms with van der Waals surface area (Å²) in [4.78, 5) is 27.7. The fourth-order valence-corrected chi connectivity index (χ4v) is 10.3. The van der Waals surface area contributed by atoms with Crippen LogP contribution in [0.3, 0.4) is 0 Å². The molecule has 0 aromatic rings. The molecule has 0 aliphatic heterocycles. The van der Waals surface area contributed by atoms with Gasteiger partial charge in [-0.1, -0.05) is 46.3 Å². The zero-order chi connectivity index (χ0) is 27.9. The number of aliphatic hydroxyl groups is 1. The van der Waals surface area contributed by atoms with Crippen LogP contribution in [0.4, 0.5) is 0 Å². The van der Waals surface area contributed by atoms with Crippen LogP contribution in [-0.4, -0.2) is 43.8 Å². The number of ether oxygens (including phenoxy) is 2. The van der Waals surface area contributed by atoms with Gasteiger partial charge >= 0.3 is 5.97 Å². The molecular weight excluding hydrogens is 478 g/mol. The fraction of sp³-hybridized carbons (Fsp3) is 0.781. The molecule has 5 aliphatic carbocycles. The molecule has 0 unspecified atom stereocenters. The van der Waals surface area contributed by atoms with Crippen molar-refractivity contribution in [3.8, 4) is 6.07 Å². The number of carbonyl (C=O) groups excluding carboxylic acids is 2. The molecule has 5 aliphatic rings. The molecule has 38 heavy (non-hydrogen) atoms. The first kappa shape index (κ1) is 27.6. The van der Waals surface area contributed by atoms with E-state index in [1.54, 1.807) is 7.11 Å². The molecule has 0 saturated heterocycles. The summed E-state index contributed by atoms with van der Waals surface area (Å²) in [5.74, 6) is -0.0401. The van der Waals surface area contributed by atoms with E-state index in [2.05, 4.69) is 33.8 Å². The Morgan fingerprint density at radius 2 is 1.79 bits per heavy atom. The van der Waals surface area contributed by atoms with Gasteiger partial charge in [0, 0.05) is 23.9 Å². The van der Waals surface area contributed by atoms with Crippen molar-refractivity contribution in [3.63, 3.8) is 0 Å². The molecule has 6 heteroatoms. The van der Waals surface area contributed by atoms with Crippen molar-refractivity contribution in [3.05, 3.63) is 23.3 Å². The minimum Gasteiger partial charge on any atom is -0.469 e. The van der Waals surface area contributed by atoms with Crippen LogP contribution in [-0.2, 0) is 19.1 Å². The summed E-state index contributed by atoms with van der Waals surface area (Å²) in [6, 6.07) is 2.36. The van der Waals surface area contributed by atoms with Gasteiger partial charge in [-0.3, -0.25) is 9.59 Å². The number of aliphatic hydroxyl groups excluding tert-OH is 1. The van der Waals surface area contributed by atoms with E-state index >= 15 is 0 Å². The number of hydrogen-bond acceptors (Lipinski definition) is 6. The van der Waals surface area contributed by atoms with Crippen molar-refractivity contribution in [1.29, 1.82) is 5.26 Å². The van der Waals surface area contributed by atoms with Gasteiger partial charge in [-0.25, -0.2) is 0 Å². The maximum absolute atomic E-state index is 14.3. The first-order chi connectivity index (χ1) is 17.8. The summed E-state index contributed by atoms with van der Waals surface area (Å²) in [6.45, 7) is 10.9. The zero-order valence-corrected chi connectivity index (χ0v) is 24.2. The van der Waals surface area contributed by atoms with Gasteiger partial charge < -0.3 is 14.6 Å². The Bertz CT molecular complexity index is 1150. The van der Waals surface area contributed by atoms with Crippen molar-refractivity contribution in [2.45, 2.75) is 85.7 Å². The lowest BCUT2D eigenvalue weighted by Gasteiger charge is -2.65. The van der Waals surface area contributed by atoms with Crippen molar-refractivity contribution in [1.82, 2.24) is 0 Å². The smallest absolute Gasteiger partial charge is 0.312 e. The van der Waals surface area contributed by atoms with Crippen LogP contribution in [0.15, 0.2) is 23.3 Å². The highest BCUT2D eigenvalue weighted by atomic mass is 16.5. The van der Waals surface area contributed by atoms with E-state index in [4.69, 9.17) is 9.47 Å². The van der Waals surface area contributed by atoms with Crippen molar-refractivity contribution in [2.24, 2.45) is 50.7 Å². The number of allylic oxidation sites excluding steroid dienone is 3. The maximum atomic E-state index is 14.3. The lowest BCUT2D eigenvalue weighted by Crippen LogP contribution is -2.63. The van der Waals surface area contributed by atoms with Crippen LogP contribution in [0, 0.1) is 62.1 Å². The molecule has 0 heterocycles. The Balaban J connectivity index is 1.66. The van der Waals surface area contributed by atoms with Gasteiger partial charge in [-0.05, 0) is 79.6 Å². The van der Waals surface area contributed by atoms with E-state index in [9.17, 15) is 20.0 Å². The van der Waals surface area contributed by atoms with Crippen molar-refractivity contribution < 1.29 is 24.2 Å². The highest BCUT2D eigenvalue weighted by Crippen LogP contribution is 2.70. The van der Waals surface area contributed by atoms with Gasteiger partial charge in [-0.2, -0.15) is 5.26 Å². The average molecular weight is 524 g/mol. The quantitative estimate of drug-likeness (QED) is 0.497. The monoisotopic (exact) mass is 523 g/mol. The van der Waals surface area contributed by atoms with Crippen LogP contribution in [0.5, 0.6) is 0 Å². The highest BCUT2D eigenvalue weighted by molar-refractivity contribution is 5.96. The molecule has 0 amide bonds. The van der Waals surface area contributed by atoms with E-state index in [0.29, 0.717) is 5.57 Å². The molecule has 3 saturated carbocycles. The van der Waals surface area contributed by atoms with Gasteiger partial charge in [0.05, 0.1) is 36.9 Å². The first-order valence-electron chi connectivity index (χ1n) is 14.4. The molecule has 0 aromatic heterocycles. The third-order valence-corrected chi connectivity index (χ3v) is 12.2. The summed E-state index contributed by atoms with van der Waals surface area (Å²) >= 11 is 0. The first-order valence-corrected chi connectivity index (χ1v) is 14.4. The number of methoxy groups -OCH3 is 2. The second kappa shape index (κ2) is 8.77. The van der Waals surface area contributed by atoms with Crippen LogP contribution in [0.25, 0.3) is 0 Å². The molecule has 5 rings (SSSR count). The Morgan fingerprint density at radius 3 is 2.39 bits per heavy atom. The highest BCUT2D eigenvalue weighted by Gasteiger charge is 2.68. The van der Waals surface area contributed by atoms with Gasteiger partial charge in [-0.15, -0.1) is 0 Å². The molecule has 1 N–H and O–H groups in total. The third-order valence-electron chi connectivity index (χ3n) is 12.2. The molecule has 208 valence electrons. The summed E-state index contributed by atoms with van der Waals surface area (Å²) in [5, 5.41) is 20.7. The predicted molar refractivity (Wildman–Crippen MR) is 143 cm³/mol. The minimum atomic E-state index is -0.629. The van der Waals surface area contributed by atoms with E-state index in [1.807, 2.05) is 19.1 Å². The fourth-order valence-electron chi connectivity index (χ4n) is 10.3. The van der Waals surface area contributed by atoms with E-state index < -0.39 is 22.3 Å². The Morgan fingerprint density at radius 1 is 1.11 bits per heavy atom. The number of nitrogens with zero attached hydrogens (tertiary/aromatic N) is 1. The molecule has 0 radical (unpaired) electrons. The molecule has 0 bridgehead atoms. The maximum Gasteiger partial charge on any atom is 0.312 e. The zero-order valence-electron chi connectivity index (χ0n) is 24.2. The topological polar surface area (TPSA) is 96.6 Å². The molecular formula is C32H45NO5. The predicted octanol–water partition coefficient (Wildman–Crippen LogP) is 5.41. The van der Waals surface area contributed by atoms with Crippen LogP contribution in [0.2, 0.25) is 0 Å². The molecule has 0 aromatic carbocycles. The number of esters is 1. The summed E-state index contributed by atoms with van der Waals surface area (Å²) in [6.07, 6.45) is 9.43. The molecule has 6 nitrogen and oxygen atoms in total. The number of carbonyl (C=O) groups is 2. The number of rotatable bonds is 3.